The second-order valence-corrected chi connectivity index (χ2v) is 7.65. The van der Waals surface area contributed by atoms with Gasteiger partial charge in [0, 0.05) is 11.6 Å². The Morgan fingerprint density at radius 2 is 1.97 bits per heavy atom. The number of aliphatic hydroxyl groups is 1. The highest BCUT2D eigenvalue weighted by Crippen LogP contribution is 2.41. The van der Waals surface area contributed by atoms with E-state index >= 15 is 0 Å². The minimum Gasteiger partial charge on any atom is -0.493 e. The number of rotatable bonds is 6. The van der Waals surface area contributed by atoms with Crippen molar-refractivity contribution in [2.24, 2.45) is 0 Å². The van der Waals surface area contributed by atoms with Crippen molar-refractivity contribution >= 4 is 28.5 Å². The summed E-state index contributed by atoms with van der Waals surface area (Å²) in [6, 6.07) is 7.72. The Kier molecular flexibility index (Phi) is 5.64. The van der Waals surface area contributed by atoms with Crippen molar-refractivity contribution in [3.05, 3.63) is 68.0 Å². The van der Waals surface area contributed by atoms with E-state index in [9.17, 15) is 14.7 Å². The molecule has 1 N–H and O–H groups in total. The molecule has 0 bridgehead atoms. The van der Waals surface area contributed by atoms with E-state index in [1.165, 1.54) is 12.0 Å². The number of amides is 1. The third kappa shape index (κ3) is 3.43. The number of β-amino-alcohol motifs (C(OH)–C–C–N with tert-alkyl or cyclic N) is 1. The third-order valence-corrected chi connectivity index (χ3v) is 5.80. The van der Waals surface area contributed by atoms with Crippen molar-refractivity contribution in [1.29, 1.82) is 0 Å². The Morgan fingerprint density at radius 3 is 2.65 bits per heavy atom. The lowest BCUT2D eigenvalue weighted by Gasteiger charge is -2.25. The van der Waals surface area contributed by atoms with Crippen LogP contribution in [0.15, 0.2) is 39.5 Å². The molecule has 0 saturated heterocycles. The topological polar surface area (TPSA) is 89.2 Å². The van der Waals surface area contributed by atoms with Crippen LogP contribution in [0.25, 0.3) is 11.0 Å². The molecule has 4 rings (SSSR count). The quantitative estimate of drug-likeness (QED) is 0.624. The van der Waals surface area contributed by atoms with Crippen LogP contribution in [0.2, 0.25) is 5.02 Å². The van der Waals surface area contributed by atoms with Gasteiger partial charge in [-0.15, -0.1) is 0 Å². The Morgan fingerprint density at radius 1 is 1.19 bits per heavy atom. The minimum atomic E-state index is -0.736. The smallest absolute Gasteiger partial charge is 0.290 e. The summed E-state index contributed by atoms with van der Waals surface area (Å²) in [6.45, 7) is 3.91. The first-order chi connectivity index (χ1) is 14.9. The van der Waals surface area contributed by atoms with Gasteiger partial charge in [-0.05, 0) is 49.2 Å². The molecular formula is C23H22ClNO6. The number of carbonyl (C=O) groups excluding carboxylic acids is 1. The molecular weight excluding hydrogens is 422 g/mol. The second kappa shape index (κ2) is 8.24. The van der Waals surface area contributed by atoms with Crippen molar-refractivity contribution in [3.63, 3.8) is 0 Å². The van der Waals surface area contributed by atoms with Crippen LogP contribution in [0.3, 0.4) is 0 Å². The molecule has 0 radical (unpaired) electrons. The van der Waals surface area contributed by atoms with Gasteiger partial charge in [0.2, 0.25) is 5.76 Å². The fourth-order valence-electron chi connectivity index (χ4n) is 3.95. The van der Waals surface area contributed by atoms with Crippen LogP contribution in [0, 0.1) is 6.92 Å². The summed E-state index contributed by atoms with van der Waals surface area (Å²) in [5.41, 5.74) is 1.57. The number of benzene rings is 2. The fourth-order valence-corrected chi connectivity index (χ4v) is 4.12. The summed E-state index contributed by atoms with van der Waals surface area (Å²) in [6.07, 6.45) is 0. The summed E-state index contributed by atoms with van der Waals surface area (Å²) in [4.78, 5) is 28.0. The lowest BCUT2D eigenvalue weighted by molar-refractivity contribution is 0.0691. The van der Waals surface area contributed by atoms with Crippen LogP contribution in [0.4, 0.5) is 0 Å². The monoisotopic (exact) mass is 443 g/mol. The van der Waals surface area contributed by atoms with Gasteiger partial charge in [0.15, 0.2) is 16.9 Å². The average molecular weight is 444 g/mol. The van der Waals surface area contributed by atoms with Crippen molar-refractivity contribution in [2.75, 3.05) is 26.9 Å². The largest absolute Gasteiger partial charge is 0.493 e. The van der Waals surface area contributed by atoms with E-state index in [-0.39, 0.29) is 29.9 Å². The van der Waals surface area contributed by atoms with E-state index in [1.54, 1.807) is 37.3 Å². The third-order valence-electron chi connectivity index (χ3n) is 5.39. The van der Waals surface area contributed by atoms with Crippen LogP contribution in [0.1, 0.15) is 40.2 Å². The Balaban J connectivity index is 1.97. The van der Waals surface area contributed by atoms with E-state index in [0.29, 0.717) is 39.7 Å². The van der Waals surface area contributed by atoms with Crippen molar-refractivity contribution in [1.82, 2.24) is 4.90 Å². The molecule has 2 heterocycles. The maximum Gasteiger partial charge on any atom is 0.290 e. The summed E-state index contributed by atoms with van der Waals surface area (Å²) >= 11 is 6.24. The highest BCUT2D eigenvalue weighted by molar-refractivity contribution is 6.32. The standard InChI is InChI=1S/C23H22ClNO6/c1-4-30-16-6-5-13(10-18(16)29-3)20-19-21(27)14-11-15(24)12(2)9-17(14)31-22(19)23(28)25(20)7-8-26/h5-6,9-11,20,26H,4,7-8H2,1-3H3. The minimum absolute atomic E-state index is 0.0227. The van der Waals surface area contributed by atoms with E-state index in [0.717, 1.165) is 5.56 Å². The number of methoxy groups -OCH3 is 1. The molecule has 7 nitrogen and oxygen atoms in total. The van der Waals surface area contributed by atoms with E-state index < -0.39 is 11.9 Å². The highest BCUT2D eigenvalue weighted by atomic mass is 35.5. The number of carbonyl (C=O) groups is 1. The number of hydrogen-bond donors (Lipinski definition) is 1. The SMILES string of the molecule is CCOc1ccc(C2c3c(oc4cc(C)c(Cl)cc4c3=O)C(=O)N2CCO)cc1OC. The maximum atomic E-state index is 13.5. The normalized spacial score (nSPS) is 15.5. The van der Waals surface area contributed by atoms with Crippen molar-refractivity contribution in [2.45, 2.75) is 19.9 Å². The Bertz CT molecular complexity index is 1230. The van der Waals surface area contributed by atoms with Gasteiger partial charge in [-0.3, -0.25) is 9.59 Å². The summed E-state index contributed by atoms with van der Waals surface area (Å²) in [5.74, 6) is 0.562. The molecule has 1 aromatic heterocycles. The molecule has 0 aliphatic carbocycles. The first-order valence-corrected chi connectivity index (χ1v) is 10.3. The summed E-state index contributed by atoms with van der Waals surface area (Å²) in [5, 5.41) is 10.3. The zero-order valence-electron chi connectivity index (χ0n) is 17.4. The number of halogens is 1. The molecule has 1 unspecified atom stereocenters. The number of ether oxygens (including phenoxy) is 2. The number of aryl methyl sites for hydroxylation is 1. The molecule has 8 heteroatoms. The number of fused-ring (bicyclic) bond motifs is 2. The van der Waals surface area contributed by atoms with E-state index in [2.05, 4.69) is 0 Å². The fraction of sp³-hybridized carbons (Fsp3) is 0.304. The number of aliphatic hydroxyl groups excluding tert-OH is 1. The van der Waals surface area contributed by atoms with Gasteiger partial charge < -0.3 is 23.9 Å². The summed E-state index contributed by atoms with van der Waals surface area (Å²) < 4.78 is 16.9. The van der Waals surface area contributed by atoms with E-state index in [1.807, 2.05) is 6.92 Å². The molecule has 2 aromatic carbocycles. The molecule has 3 aromatic rings. The van der Waals surface area contributed by atoms with Crippen LogP contribution in [-0.4, -0.2) is 42.8 Å². The number of nitrogens with zero attached hydrogens (tertiary/aromatic N) is 1. The molecule has 162 valence electrons. The number of hydrogen-bond acceptors (Lipinski definition) is 6. The van der Waals surface area contributed by atoms with Crippen LogP contribution >= 0.6 is 11.6 Å². The van der Waals surface area contributed by atoms with Gasteiger partial charge in [0.1, 0.15) is 5.58 Å². The molecule has 0 spiro atoms. The molecule has 1 aliphatic heterocycles. The van der Waals surface area contributed by atoms with Gasteiger partial charge in [0.25, 0.3) is 5.91 Å². The predicted octanol–water partition coefficient (Wildman–Crippen LogP) is 3.70. The van der Waals surface area contributed by atoms with Crippen molar-refractivity contribution in [3.8, 4) is 11.5 Å². The summed E-state index contributed by atoms with van der Waals surface area (Å²) in [7, 11) is 1.52. The predicted molar refractivity (Wildman–Crippen MR) is 116 cm³/mol. The average Bonchev–Trinajstić information content (AvgIpc) is 3.03. The molecule has 31 heavy (non-hydrogen) atoms. The zero-order chi connectivity index (χ0) is 22.3. The Labute approximate surface area is 183 Å². The van der Waals surface area contributed by atoms with Gasteiger partial charge in [0.05, 0.1) is 37.3 Å². The molecule has 1 aliphatic rings. The lowest BCUT2D eigenvalue weighted by Crippen LogP contribution is -2.32. The van der Waals surface area contributed by atoms with Crippen LogP contribution in [0.5, 0.6) is 11.5 Å². The maximum absolute atomic E-state index is 13.5. The first-order valence-electron chi connectivity index (χ1n) is 9.90. The van der Waals surface area contributed by atoms with Crippen molar-refractivity contribution < 1.29 is 23.8 Å². The van der Waals surface area contributed by atoms with Crippen LogP contribution in [-0.2, 0) is 0 Å². The van der Waals surface area contributed by atoms with Gasteiger partial charge in [-0.25, -0.2) is 0 Å². The Hall–Kier alpha value is -3.03. The molecule has 1 amide bonds. The highest BCUT2D eigenvalue weighted by Gasteiger charge is 2.42. The van der Waals surface area contributed by atoms with Gasteiger partial charge in [-0.1, -0.05) is 17.7 Å². The molecule has 0 fully saturated rings. The van der Waals surface area contributed by atoms with Gasteiger partial charge >= 0.3 is 0 Å². The molecule has 1 atom stereocenters. The first kappa shape index (κ1) is 21.2. The zero-order valence-corrected chi connectivity index (χ0v) is 18.2. The second-order valence-electron chi connectivity index (χ2n) is 7.24. The van der Waals surface area contributed by atoms with Gasteiger partial charge in [-0.2, -0.15) is 0 Å². The lowest BCUT2D eigenvalue weighted by atomic mass is 9.98. The molecule has 0 saturated carbocycles. The van der Waals surface area contributed by atoms with E-state index in [4.69, 9.17) is 25.5 Å². The van der Waals surface area contributed by atoms with Crippen LogP contribution < -0.4 is 14.9 Å².